The van der Waals surface area contributed by atoms with Gasteiger partial charge in [-0.1, -0.05) is 42.4 Å². The summed E-state index contributed by atoms with van der Waals surface area (Å²) in [6.45, 7) is 0. The van der Waals surface area contributed by atoms with Crippen molar-refractivity contribution in [1.29, 1.82) is 0 Å². The van der Waals surface area contributed by atoms with Crippen LogP contribution in [0.3, 0.4) is 0 Å². The first-order chi connectivity index (χ1) is 12.5. The number of nitrogens with zero attached hydrogens (tertiary/aromatic N) is 3. The molecule has 4 rings (SSSR count). The van der Waals surface area contributed by atoms with Crippen molar-refractivity contribution in [1.82, 2.24) is 14.3 Å². The van der Waals surface area contributed by atoms with Crippen LogP contribution in [0.4, 0.5) is 5.13 Å². The van der Waals surface area contributed by atoms with E-state index < -0.39 is 10.2 Å². The van der Waals surface area contributed by atoms with Gasteiger partial charge < -0.3 is 0 Å². The van der Waals surface area contributed by atoms with E-state index in [9.17, 15) is 8.42 Å². The standard InChI is InChI=1S/C16H20N4O2S4/c1-20(10-6-4-3-5-7-10)26(21,22)19-15-17-11-8-9-12-14(13(11)24-15)25-16(18-12)23-2/h8-10H,3-7H2,1-2H3,(H,17,19). The molecule has 0 bridgehead atoms. The normalized spacial score (nSPS) is 16.7. The van der Waals surface area contributed by atoms with Crippen LogP contribution in [0, 0.1) is 0 Å². The van der Waals surface area contributed by atoms with Gasteiger partial charge >= 0.3 is 10.2 Å². The minimum Gasteiger partial charge on any atom is -0.246 e. The van der Waals surface area contributed by atoms with Crippen LogP contribution in [0.25, 0.3) is 20.4 Å². The molecule has 0 aliphatic heterocycles. The number of hydrogen-bond donors (Lipinski definition) is 1. The van der Waals surface area contributed by atoms with Crippen LogP contribution in [-0.4, -0.2) is 42.0 Å². The quantitative estimate of drug-likeness (QED) is 0.604. The molecule has 0 atom stereocenters. The van der Waals surface area contributed by atoms with Gasteiger partial charge in [0.2, 0.25) is 0 Å². The maximum atomic E-state index is 12.8. The Kier molecular flexibility index (Phi) is 5.13. The lowest BCUT2D eigenvalue weighted by Gasteiger charge is -2.30. The summed E-state index contributed by atoms with van der Waals surface area (Å²) in [5.74, 6) is 0. The Balaban J connectivity index is 1.64. The Bertz CT molecular complexity index is 1040. The Hall–Kier alpha value is -0.940. The fourth-order valence-electron chi connectivity index (χ4n) is 3.31. The molecule has 1 aliphatic carbocycles. The third kappa shape index (κ3) is 3.45. The van der Waals surface area contributed by atoms with Gasteiger partial charge in [-0.3, -0.25) is 0 Å². The van der Waals surface area contributed by atoms with E-state index in [2.05, 4.69) is 14.7 Å². The van der Waals surface area contributed by atoms with Crippen molar-refractivity contribution >= 4 is 70.2 Å². The van der Waals surface area contributed by atoms with Gasteiger partial charge in [0, 0.05) is 13.1 Å². The second-order valence-corrected chi connectivity index (χ2v) is 11.2. The molecule has 26 heavy (non-hydrogen) atoms. The van der Waals surface area contributed by atoms with E-state index in [1.165, 1.54) is 22.1 Å². The lowest BCUT2D eigenvalue weighted by Crippen LogP contribution is -2.41. The van der Waals surface area contributed by atoms with Gasteiger partial charge in [-0.15, -0.1) is 11.3 Å². The van der Waals surface area contributed by atoms with E-state index >= 15 is 0 Å². The van der Waals surface area contributed by atoms with Gasteiger partial charge in [-0.25, -0.2) is 14.7 Å². The second-order valence-electron chi connectivity index (χ2n) is 6.38. The number of thiazole rings is 2. The van der Waals surface area contributed by atoms with Crippen LogP contribution in [0.2, 0.25) is 0 Å². The zero-order valence-corrected chi connectivity index (χ0v) is 17.8. The summed E-state index contributed by atoms with van der Waals surface area (Å²) in [5, 5.41) is 0.411. The molecule has 0 spiro atoms. The summed E-state index contributed by atoms with van der Waals surface area (Å²) in [7, 11) is -1.93. The first-order valence-electron chi connectivity index (χ1n) is 8.48. The first kappa shape index (κ1) is 18.4. The molecule has 0 unspecified atom stereocenters. The molecule has 2 heterocycles. The number of nitrogens with one attached hydrogen (secondary N) is 1. The van der Waals surface area contributed by atoms with Gasteiger partial charge in [0.1, 0.15) is 0 Å². The largest absolute Gasteiger partial charge is 0.303 e. The third-order valence-electron chi connectivity index (χ3n) is 4.75. The van der Waals surface area contributed by atoms with E-state index in [-0.39, 0.29) is 6.04 Å². The van der Waals surface area contributed by atoms with Crippen LogP contribution >= 0.6 is 34.4 Å². The number of anilines is 1. The molecule has 3 aromatic rings. The van der Waals surface area contributed by atoms with Gasteiger partial charge in [0.05, 0.1) is 20.4 Å². The van der Waals surface area contributed by atoms with Gasteiger partial charge in [0.25, 0.3) is 0 Å². The summed E-state index contributed by atoms with van der Waals surface area (Å²) in [6.07, 6.45) is 7.23. The molecule has 1 fully saturated rings. The number of rotatable bonds is 5. The third-order valence-corrected chi connectivity index (χ3v) is 9.60. The number of thioether (sulfide) groups is 1. The van der Waals surface area contributed by atoms with E-state index in [0.717, 1.165) is 50.5 Å². The zero-order valence-electron chi connectivity index (χ0n) is 14.6. The molecule has 0 saturated heterocycles. The van der Waals surface area contributed by atoms with E-state index in [1.807, 2.05) is 18.4 Å². The molecule has 0 amide bonds. The van der Waals surface area contributed by atoms with Crippen molar-refractivity contribution in [2.45, 2.75) is 42.5 Å². The molecule has 1 aliphatic rings. The number of aromatic nitrogens is 2. The Labute approximate surface area is 165 Å². The maximum Gasteiger partial charge on any atom is 0.303 e. The molecule has 6 nitrogen and oxygen atoms in total. The molecular formula is C16H20N4O2S4. The zero-order chi connectivity index (χ0) is 18.3. The average Bonchev–Trinajstić information content (AvgIpc) is 3.24. The van der Waals surface area contributed by atoms with Crippen molar-refractivity contribution in [2.75, 3.05) is 18.0 Å². The number of hydrogen-bond acceptors (Lipinski definition) is 7. The minimum absolute atomic E-state index is 0.0768. The molecule has 140 valence electrons. The summed E-state index contributed by atoms with van der Waals surface area (Å²) < 4.78 is 32.7. The van der Waals surface area contributed by atoms with E-state index in [0.29, 0.717) is 5.13 Å². The molecular weight excluding hydrogens is 408 g/mol. The summed E-state index contributed by atoms with van der Waals surface area (Å²) in [4.78, 5) is 9.05. The molecule has 1 N–H and O–H groups in total. The van der Waals surface area contributed by atoms with Crippen LogP contribution in [0.1, 0.15) is 32.1 Å². The van der Waals surface area contributed by atoms with Crippen molar-refractivity contribution in [3.63, 3.8) is 0 Å². The van der Waals surface area contributed by atoms with Crippen LogP contribution in [0.5, 0.6) is 0 Å². The highest BCUT2D eigenvalue weighted by atomic mass is 32.2. The highest BCUT2D eigenvalue weighted by Crippen LogP contribution is 2.38. The molecule has 1 aromatic carbocycles. The van der Waals surface area contributed by atoms with Crippen LogP contribution in [-0.2, 0) is 10.2 Å². The molecule has 10 heteroatoms. The molecule has 0 radical (unpaired) electrons. The van der Waals surface area contributed by atoms with Crippen molar-refractivity contribution in [2.24, 2.45) is 0 Å². The smallest absolute Gasteiger partial charge is 0.246 e. The number of benzene rings is 1. The second kappa shape index (κ2) is 7.23. The van der Waals surface area contributed by atoms with Gasteiger partial charge in [-0.2, -0.15) is 12.7 Å². The van der Waals surface area contributed by atoms with Gasteiger partial charge in [0.15, 0.2) is 9.47 Å². The van der Waals surface area contributed by atoms with Gasteiger partial charge in [-0.05, 0) is 31.2 Å². The Morgan fingerprint density at radius 1 is 1.12 bits per heavy atom. The SMILES string of the molecule is CSc1nc2ccc3nc(NS(=O)(=O)N(C)C4CCCCC4)sc3c2s1. The Morgan fingerprint density at radius 3 is 2.46 bits per heavy atom. The predicted molar refractivity (Wildman–Crippen MR) is 112 cm³/mol. The van der Waals surface area contributed by atoms with E-state index in [1.54, 1.807) is 30.1 Å². The first-order valence-corrected chi connectivity index (χ1v) is 12.8. The van der Waals surface area contributed by atoms with Crippen LogP contribution < -0.4 is 4.72 Å². The highest BCUT2D eigenvalue weighted by Gasteiger charge is 2.28. The van der Waals surface area contributed by atoms with Crippen molar-refractivity contribution in [3.8, 4) is 0 Å². The monoisotopic (exact) mass is 428 g/mol. The van der Waals surface area contributed by atoms with Crippen LogP contribution in [0.15, 0.2) is 16.5 Å². The maximum absolute atomic E-state index is 12.8. The molecule has 1 saturated carbocycles. The number of fused-ring (bicyclic) bond motifs is 3. The Morgan fingerprint density at radius 2 is 1.77 bits per heavy atom. The minimum atomic E-state index is -3.60. The fourth-order valence-corrected chi connectivity index (χ4v) is 7.31. The fraction of sp³-hybridized carbons (Fsp3) is 0.500. The summed E-state index contributed by atoms with van der Waals surface area (Å²) >= 11 is 4.61. The van der Waals surface area contributed by atoms with E-state index in [4.69, 9.17) is 0 Å². The summed E-state index contributed by atoms with van der Waals surface area (Å²) in [6, 6.07) is 3.92. The highest BCUT2D eigenvalue weighted by molar-refractivity contribution is 8.00. The molecule has 2 aromatic heterocycles. The lowest BCUT2D eigenvalue weighted by atomic mass is 9.96. The van der Waals surface area contributed by atoms with Crippen molar-refractivity contribution < 1.29 is 8.42 Å². The predicted octanol–water partition coefficient (Wildman–Crippen LogP) is 4.55. The lowest BCUT2D eigenvalue weighted by molar-refractivity contribution is 0.287. The summed E-state index contributed by atoms with van der Waals surface area (Å²) in [5.41, 5.74) is 1.74. The topological polar surface area (TPSA) is 75.2 Å². The average molecular weight is 429 g/mol. The van der Waals surface area contributed by atoms with Crippen molar-refractivity contribution in [3.05, 3.63) is 12.1 Å².